The SMILES string of the molecule is O=C(Cc1ccccc1[N+](=O)[O-])Oc1ccc(C(=O)c2ccc(F)cc2)cc1. The second kappa shape index (κ2) is 8.22. The molecule has 0 fully saturated rings. The predicted octanol–water partition coefficient (Wildman–Crippen LogP) is 4.11. The summed E-state index contributed by atoms with van der Waals surface area (Å²) in [6, 6.07) is 17.0. The van der Waals surface area contributed by atoms with Crippen molar-refractivity contribution in [2.45, 2.75) is 6.42 Å². The van der Waals surface area contributed by atoms with Gasteiger partial charge in [-0.1, -0.05) is 18.2 Å². The molecule has 0 heterocycles. The molecule has 6 nitrogen and oxygen atoms in total. The molecule has 3 rings (SSSR count). The molecular weight excluding hydrogens is 365 g/mol. The quantitative estimate of drug-likeness (QED) is 0.211. The van der Waals surface area contributed by atoms with Crippen LogP contribution in [0.15, 0.2) is 72.8 Å². The lowest BCUT2D eigenvalue weighted by Crippen LogP contribution is -2.12. The third-order valence-corrected chi connectivity index (χ3v) is 3.98. The molecule has 3 aromatic carbocycles. The number of benzene rings is 3. The first-order valence-electron chi connectivity index (χ1n) is 8.27. The van der Waals surface area contributed by atoms with Gasteiger partial charge >= 0.3 is 5.97 Å². The fraction of sp³-hybridized carbons (Fsp3) is 0.0476. The summed E-state index contributed by atoms with van der Waals surface area (Å²) in [6.07, 6.45) is -0.257. The van der Waals surface area contributed by atoms with Crippen LogP contribution in [0.2, 0.25) is 0 Å². The Morgan fingerprint density at radius 1 is 0.893 bits per heavy atom. The molecule has 0 aromatic heterocycles. The van der Waals surface area contributed by atoms with E-state index in [4.69, 9.17) is 4.74 Å². The molecule has 0 atom stereocenters. The molecule has 0 aliphatic heterocycles. The highest BCUT2D eigenvalue weighted by Crippen LogP contribution is 2.20. The van der Waals surface area contributed by atoms with Gasteiger partial charge in [0.05, 0.1) is 11.3 Å². The average Bonchev–Trinajstić information content (AvgIpc) is 2.69. The van der Waals surface area contributed by atoms with E-state index >= 15 is 0 Å². The van der Waals surface area contributed by atoms with E-state index in [0.717, 1.165) is 0 Å². The number of carbonyl (C=O) groups excluding carboxylic acids is 2. The first kappa shape index (κ1) is 18.9. The van der Waals surface area contributed by atoms with E-state index < -0.39 is 16.7 Å². The molecule has 0 amide bonds. The van der Waals surface area contributed by atoms with Gasteiger partial charge in [0.1, 0.15) is 11.6 Å². The maximum atomic E-state index is 13.0. The van der Waals surface area contributed by atoms with Crippen LogP contribution in [0.25, 0.3) is 0 Å². The van der Waals surface area contributed by atoms with Gasteiger partial charge in [-0.05, 0) is 48.5 Å². The highest BCUT2D eigenvalue weighted by atomic mass is 19.1. The minimum Gasteiger partial charge on any atom is -0.426 e. The third kappa shape index (κ3) is 4.45. The summed E-state index contributed by atoms with van der Waals surface area (Å²) in [7, 11) is 0. The van der Waals surface area contributed by atoms with Crippen molar-refractivity contribution in [3.63, 3.8) is 0 Å². The van der Waals surface area contributed by atoms with Crippen molar-refractivity contribution in [3.8, 4) is 5.75 Å². The van der Waals surface area contributed by atoms with Crippen LogP contribution in [0.4, 0.5) is 10.1 Å². The molecule has 0 spiro atoms. The Balaban J connectivity index is 1.67. The van der Waals surface area contributed by atoms with Crippen LogP contribution < -0.4 is 4.74 Å². The number of para-hydroxylation sites is 1. The molecular formula is C21H14FNO5. The van der Waals surface area contributed by atoms with Gasteiger partial charge in [-0.2, -0.15) is 0 Å². The lowest BCUT2D eigenvalue weighted by atomic mass is 10.0. The second-order valence-electron chi connectivity index (χ2n) is 5.90. The van der Waals surface area contributed by atoms with Gasteiger partial charge in [-0.25, -0.2) is 4.39 Å². The van der Waals surface area contributed by atoms with Crippen LogP contribution in [-0.2, 0) is 11.2 Å². The minimum atomic E-state index is -0.660. The number of rotatable bonds is 6. The third-order valence-electron chi connectivity index (χ3n) is 3.98. The second-order valence-corrected chi connectivity index (χ2v) is 5.90. The van der Waals surface area contributed by atoms with Crippen LogP contribution in [-0.4, -0.2) is 16.7 Å². The molecule has 140 valence electrons. The zero-order chi connectivity index (χ0) is 20.1. The topological polar surface area (TPSA) is 86.5 Å². The molecule has 0 saturated carbocycles. The zero-order valence-electron chi connectivity index (χ0n) is 14.5. The van der Waals surface area contributed by atoms with E-state index in [1.54, 1.807) is 6.07 Å². The Kier molecular flexibility index (Phi) is 5.55. The van der Waals surface area contributed by atoms with Crippen LogP contribution in [0.3, 0.4) is 0 Å². The number of nitrogens with zero attached hydrogens (tertiary/aromatic N) is 1. The molecule has 0 bridgehead atoms. The summed E-state index contributed by atoms with van der Waals surface area (Å²) in [5.41, 5.74) is 0.785. The monoisotopic (exact) mass is 379 g/mol. The molecule has 3 aromatic rings. The Morgan fingerprint density at radius 3 is 2.07 bits per heavy atom. The van der Waals surface area contributed by atoms with Crippen molar-refractivity contribution >= 4 is 17.4 Å². The summed E-state index contributed by atoms with van der Waals surface area (Å²) in [4.78, 5) is 34.9. The zero-order valence-corrected chi connectivity index (χ0v) is 14.5. The van der Waals surface area contributed by atoms with E-state index in [1.165, 1.54) is 66.7 Å². The first-order chi connectivity index (χ1) is 13.4. The number of nitro groups is 1. The molecule has 7 heteroatoms. The molecule has 0 aliphatic carbocycles. The van der Waals surface area contributed by atoms with Gasteiger partial charge in [0.25, 0.3) is 5.69 Å². The van der Waals surface area contributed by atoms with Crippen molar-refractivity contribution in [2.24, 2.45) is 0 Å². The summed E-state index contributed by atoms with van der Waals surface area (Å²) in [5.74, 6) is -1.18. The Bertz CT molecular complexity index is 1030. The van der Waals surface area contributed by atoms with E-state index in [-0.39, 0.29) is 29.2 Å². The molecule has 0 N–H and O–H groups in total. The van der Waals surface area contributed by atoms with Gasteiger partial charge in [-0.3, -0.25) is 19.7 Å². The number of halogens is 1. The number of esters is 1. The van der Waals surface area contributed by atoms with Gasteiger partial charge in [0.15, 0.2) is 5.78 Å². The maximum absolute atomic E-state index is 13.0. The average molecular weight is 379 g/mol. The lowest BCUT2D eigenvalue weighted by molar-refractivity contribution is -0.385. The number of nitro benzene ring substituents is 1. The normalized spacial score (nSPS) is 10.3. The highest BCUT2D eigenvalue weighted by Gasteiger charge is 2.17. The Labute approximate surface area is 159 Å². The molecule has 0 radical (unpaired) electrons. The number of hydrogen-bond acceptors (Lipinski definition) is 5. The van der Waals surface area contributed by atoms with Crippen molar-refractivity contribution in [1.82, 2.24) is 0 Å². The smallest absolute Gasteiger partial charge is 0.315 e. The van der Waals surface area contributed by atoms with Crippen molar-refractivity contribution in [3.05, 3.63) is 105 Å². The van der Waals surface area contributed by atoms with E-state index in [1.807, 2.05) is 0 Å². The predicted molar refractivity (Wildman–Crippen MR) is 98.7 cm³/mol. The van der Waals surface area contributed by atoms with Crippen molar-refractivity contribution < 1.29 is 23.6 Å². The van der Waals surface area contributed by atoms with E-state index in [0.29, 0.717) is 11.1 Å². The van der Waals surface area contributed by atoms with Crippen molar-refractivity contribution in [2.75, 3.05) is 0 Å². The standard InChI is InChI=1S/C21H14FNO5/c22-17-9-5-14(6-10-17)21(25)15-7-11-18(12-8-15)28-20(24)13-16-3-1-2-4-19(16)23(26)27/h1-12H,13H2. The molecule has 0 aliphatic rings. The van der Waals surface area contributed by atoms with Crippen LogP contribution in [0.1, 0.15) is 21.5 Å². The van der Waals surface area contributed by atoms with Crippen LogP contribution in [0, 0.1) is 15.9 Å². The Hall–Kier alpha value is -3.87. The number of ether oxygens (including phenoxy) is 1. The summed E-state index contributed by atoms with van der Waals surface area (Å²) in [5, 5.41) is 11.0. The van der Waals surface area contributed by atoms with Crippen molar-refractivity contribution in [1.29, 1.82) is 0 Å². The van der Waals surface area contributed by atoms with Crippen LogP contribution >= 0.6 is 0 Å². The van der Waals surface area contributed by atoms with Gasteiger partial charge in [0, 0.05) is 22.8 Å². The largest absolute Gasteiger partial charge is 0.426 e. The molecule has 28 heavy (non-hydrogen) atoms. The molecule has 0 saturated heterocycles. The molecule has 0 unspecified atom stereocenters. The fourth-order valence-electron chi connectivity index (χ4n) is 2.60. The van der Waals surface area contributed by atoms with Crippen LogP contribution in [0.5, 0.6) is 5.75 Å². The van der Waals surface area contributed by atoms with E-state index in [2.05, 4.69) is 0 Å². The summed E-state index contributed by atoms with van der Waals surface area (Å²) < 4.78 is 18.1. The maximum Gasteiger partial charge on any atom is 0.315 e. The number of hydrogen-bond donors (Lipinski definition) is 0. The van der Waals surface area contributed by atoms with Gasteiger partial charge in [-0.15, -0.1) is 0 Å². The van der Waals surface area contributed by atoms with Gasteiger partial charge in [0.2, 0.25) is 0 Å². The Morgan fingerprint density at radius 2 is 1.46 bits per heavy atom. The lowest BCUT2D eigenvalue weighted by Gasteiger charge is -2.06. The highest BCUT2D eigenvalue weighted by molar-refractivity contribution is 6.09. The first-order valence-corrected chi connectivity index (χ1v) is 8.27. The minimum absolute atomic E-state index is 0.153. The number of carbonyl (C=O) groups is 2. The van der Waals surface area contributed by atoms with E-state index in [9.17, 15) is 24.1 Å². The fourth-order valence-corrected chi connectivity index (χ4v) is 2.60. The summed E-state index contributed by atoms with van der Waals surface area (Å²) in [6.45, 7) is 0. The summed E-state index contributed by atoms with van der Waals surface area (Å²) >= 11 is 0. The number of ketones is 1. The van der Waals surface area contributed by atoms with Gasteiger partial charge < -0.3 is 4.74 Å².